The second kappa shape index (κ2) is 8.33. The summed E-state index contributed by atoms with van der Waals surface area (Å²) in [6, 6.07) is 10.4. The number of amides is 1. The number of aromatic nitrogens is 2. The van der Waals surface area contributed by atoms with Crippen LogP contribution in [0.1, 0.15) is 65.5 Å². The fraction of sp³-hybridized carbons (Fsp3) is 0.435. The highest BCUT2D eigenvalue weighted by molar-refractivity contribution is 6.06. The molecule has 6 heteroatoms. The van der Waals surface area contributed by atoms with E-state index < -0.39 is 0 Å². The molecule has 2 aromatic heterocycles. The number of hydrogen-bond acceptors (Lipinski definition) is 5. The summed E-state index contributed by atoms with van der Waals surface area (Å²) in [6.07, 6.45) is 2.60. The number of benzene rings is 1. The van der Waals surface area contributed by atoms with Gasteiger partial charge in [0.05, 0.1) is 16.6 Å². The fourth-order valence-electron chi connectivity index (χ4n) is 3.83. The van der Waals surface area contributed by atoms with Gasteiger partial charge in [-0.3, -0.25) is 9.69 Å². The number of carbonyl (C=O) groups excluding carboxylic acids is 1. The first-order valence-corrected chi connectivity index (χ1v) is 10.4. The van der Waals surface area contributed by atoms with Crippen molar-refractivity contribution in [3.8, 4) is 0 Å². The number of hydrogen-bond donors (Lipinski definition) is 1. The lowest BCUT2D eigenvalue weighted by Crippen LogP contribution is -2.23. The average molecular weight is 393 g/mol. The van der Waals surface area contributed by atoms with E-state index in [1.54, 1.807) is 0 Å². The van der Waals surface area contributed by atoms with Gasteiger partial charge in [-0.15, -0.1) is 0 Å². The summed E-state index contributed by atoms with van der Waals surface area (Å²) in [5.41, 5.74) is 4.90. The number of aryl methyl sites for hydroxylation is 1. The van der Waals surface area contributed by atoms with Crippen LogP contribution in [0.5, 0.6) is 0 Å². The Bertz CT molecular complexity index is 1000. The summed E-state index contributed by atoms with van der Waals surface area (Å²) in [5, 5.41) is 7.71. The topological polar surface area (TPSA) is 71.3 Å². The van der Waals surface area contributed by atoms with E-state index in [9.17, 15) is 4.79 Å². The molecule has 1 aliphatic heterocycles. The molecule has 0 unspecified atom stereocenters. The Labute approximate surface area is 171 Å². The molecule has 1 aliphatic rings. The van der Waals surface area contributed by atoms with Gasteiger partial charge in [0.25, 0.3) is 11.6 Å². The number of likely N-dealkylation sites (tertiary alicyclic amines) is 1. The van der Waals surface area contributed by atoms with E-state index in [4.69, 9.17) is 4.52 Å². The zero-order valence-electron chi connectivity index (χ0n) is 17.4. The van der Waals surface area contributed by atoms with E-state index in [0.29, 0.717) is 28.9 Å². The molecule has 29 heavy (non-hydrogen) atoms. The quantitative estimate of drug-likeness (QED) is 0.681. The Kier molecular flexibility index (Phi) is 5.62. The first-order valence-electron chi connectivity index (χ1n) is 10.4. The maximum absolute atomic E-state index is 12.9. The molecule has 0 saturated carbocycles. The molecule has 1 fully saturated rings. The van der Waals surface area contributed by atoms with Crippen LogP contribution in [-0.4, -0.2) is 34.0 Å². The molecule has 0 atom stereocenters. The monoisotopic (exact) mass is 392 g/mol. The van der Waals surface area contributed by atoms with Crippen molar-refractivity contribution < 1.29 is 9.32 Å². The molecule has 152 valence electrons. The second-order valence-electron chi connectivity index (χ2n) is 8.18. The second-order valence-corrected chi connectivity index (χ2v) is 8.18. The first kappa shape index (κ1) is 19.6. The zero-order valence-corrected chi connectivity index (χ0v) is 17.4. The average Bonchev–Trinajstić information content (AvgIpc) is 3.36. The number of pyridine rings is 1. The van der Waals surface area contributed by atoms with Gasteiger partial charge in [0.1, 0.15) is 0 Å². The number of nitrogens with zero attached hydrogens (tertiary/aromatic N) is 3. The highest BCUT2D eigenvalue weighted by atomic mass is 16.5. The van der Waals surface area contributed by atoms with E-state index in [1.807, 2.05) is 26.8 Å². The largest absolute Gasteiger partial charge is 0.348 e. The lowest BCUT2D eigenvalue weighted by Gasteiger charge is -2.15. The Morgan fingerprint density at radius 1 is 1.17 bits per heavy atom. The van der Waals surface area contributed by atoms with Gasteiger partial charge >= 0.3 is 0 Å². The van der Waals surface area contributed by atoms with Crippen LogP contribution < -0.4 is 5.32 Å². The van der Waals surface area contributed by atoms with Crippen molar-refractivity contribution in [2.24, 2.45) is 0 Å². The van der Waals surface area contributed by atoms with Crippen LogP contribution in [0.15, 0.2) is 34.9 Å². The van der Waals surface area contributed by atoms with Crippen LogP contribution in [0.2, 0.25) is 0 Å². The van der Waals surface area contributed by atoms with Gasteiger partial charge in [-0.2, -0.15) is 0 Å². The fourth-order valence-corrected chi connectivity index (χ4v) is 3.83. The molecule has 0 radical (unpaired) electrons. The van der Waals surface area contributed by atoms with Crippen LogP contribution in [0.25, 0.3) is 11.1 Å². The van der Waals surface area contributed by atoms with Crippen LogP contribution in [0.4, 0.5) is 0 Å². The Morgan fingerprint density at radius 2 is 1.86 bits per heavy atom. The minimum absolute atomic E-state index is 0.133. The van der Waals surface area contributed by atoms with Crippen LogP contribution in [0, 0.1) is 6.92 Å². The standard InChI is InChI=1S/C23H28N4O2/c1-15(2)20-12-19(21-16(3)26-29-23(21)25-20)22(28)24-13-17-6-8-18(9-7-17)14-27-10-4-5-11-27/h6-9,12,15H,4-5,10-11,13-14H2,1-3H3,(H,24,28). The van der Waals surface area contributed by atoms with Gasteiger partial charge < -0.3 is 9.84 Å². The number of carbonyl (C=O) groups is 1. The number of rotatable bonds is 6. The Balaban J connectivity index is 1.46. The van der Waals surface area contributed by atoms with Gasteiger partial charge in [0.2, 0.25) is 0 Å². The molecule has 1 aromatic carbocycles. The third kappa shape index (κ3) is 4.32. The highest BCUT2D eigenvalue weighted by Crippen LogP contribution is 2.25. The summed E-state index contributed by atoms with van der Waals surface area (Å²) in [7, 11) is 0. The molecule has 3 aromatic rings. The smallest absolute Gasteiger partial charge is 0.259 e. The van der Waals surface area contributed by atoms with Gasteiger partial charge in [0, 0.05) is 18.8 Å². The van der Waals surface area contributed by atoms with Crippen LogP contribution >= 0.6 is 0 Å². The summed E-state index contributed by atoms with van der Waals surface area (Å²) in [4.78, 5) is 19.9. The molecule has 6 nitrogen and oxygen atoms in total. The minimum Gasteiger partial charge on any atom is -0.348 e. The van der Waals surface area contributed by atoms with Crippen LogP contribution in [-0.2, 0) is 13.1 Å². The summed E-state index contributed by atoms with van der Waals surface area (Å²) in [6.45, 7) is 9.79. The normalized spacial score (nSPS) is 14.8. The van der Waals surface area contributed by atoms with Crippen LogP contribution in [0.3, 0.4) is 0 Å². The predicted octanol–water partition coefficient (Wildman–Crippen LogP) is 4.18. The van der Waals surface area contributed by atoms with Gasteiger partial charge in [-0.1, -0.05) is 43.3 Å². The van der Waals surface area contributed by atoms with Crippen molar-refractivity contribution in [2.45, 2.75) is 52.6 Å². The van der Waals surface area contributed by atoms with E-state index in [1.165, 1.54) is 31.5 Å². The van der Waals surface area contributed by atoms with Gasteiger partial charge in [-0.05, 0) is 56.0 Å². The van der Waals surface area contributed by atoms with E-state index in [0.717, 1.165) is 17.8 Å². The lowest BCUT2D eigenvalue weighted by molar-refractivity contribution is 0.0952. The SMILES string of the molecule is Cc1noc2nc(C(C)C)cc(C(=O)NCc3ccc(CN4CCCC4)cc3)c12. The Morgan fingerprint density at radius 3 is 2.55 bits per heavy atom. The summed E-state index contributed by atoms with van der Waals surface area (Å²) in [5.74, 6) is 0.0613. The van der Waals surface area contributed by atoms with Gasteiger partial charge in [-0.25, -0.2) is 4.98 Å². The van der Waals surface area contributed by atoms with E-state index in [-0.39, 0.29) is 11.8 Å². The molecule has 4 rings (SSSR count). The Hall–Kier alpha value is -2.73. The first-order chi connectivity index (χ1) is 14.0. The maximum Gasteiger partial charge on any atom is 0.259 e. The third-order valence-electron chi connectivity index (χ3n) is 5.55. The predicted molar refractivity (Wildman–Crippen MR) is 113 cm³/mol. The maximum atomic E-state index is 12.9. The molecular weight excluding hydrogens is 364 g/mol. The highest BCUT2D eigenvalue weighted by Gasteiger charge is 2.19. The summed E-state index contributed by atoms with van der Waals surface area (Å²) < 4.78 is 5.32. The summed E-state index contributed by atoms with van der Waals surface area (Å²) >= 11 is 0. The van der Waals surface area contributed by atoms with Crippen molar-refractivity contribution in [3.63, 3.8) is 0 Å². The third-order valence-corrected chi connectivity index (χ3v) is 5.55. The molecule has 3 heterocycles. The van der Waals surface area contributed by atoms with E-state index >= 15 is 0 Å². The van der Waals surface area contributed by atoms with E-state index in [2.05, 4.69) is 44.6 Å². The van der Waals surface area contributed by atoms with Crippen molar-refractivity contribution in [1.29, 1.82) is 0 Å². The lowest BCUT2D eigenvalue weighted by atomic mass is 10.0. The number of nitrogens with one attached hydrogen (secondary N) is 1. The van der Waals surface area contributed by atoms with Gasteiger partial charge in [0.15, 0.2) is 0 Å². The molecule has 1 saturated heterocycles. The van der Waals surface area contributed by atoms with Crippen molar-refractivity contribution in [1.82, 2.24) is 20.4 Å². The van der Waals surface area contributed by atoms with Crippen molar-refractivity contribution in [2.75, 3.05) is 13.1 Å². The molecule has 0 aliphatic carbocycles. The molecule has 1 amide bonds. The molecule has 0 bridgehead atoms. The zero-order chi connectivity index (χ0) is 20.4. The number of fused-ring (bicyclic) bond motifs is 1. The molecule has 0 spiro atoms. The molecule has 1 N–H and O–H groups in total. The minimum atomic E-state index is -0.133. The van der Waals surface area contributed by atoms with Crippen molar-refractivity contribution >= 4 is 17.0 Å². The van der Waals surface area contributed by atoms with Crippen molar-refractivity contribution in [3.05, 3.63) is 58.4 Å². The molecular formula is C23H28N4O2.